The summed E-state index contributed by atoms with van der Waals surface area (Å²) < 4.78 is 11.0. The van der Waals surface area contributed by atoms with Crippen LogP contribution in [0.4, 0.5) is 17.2 Å². The number of ether oxygens (including phenoxy) is 2. The van der Waals surface area contributed by atoms with E-state index < -0.39 is 11.4 Å². The Morgan fingerprint density at radius 2 is 1.94 bits per heavy atom. The summed E-state index contributed by atoms with van der Waals surface area (Å²) in [6.07, 6.45) is 9.13. The molecule has 2 fully saturated rings. The lowest BCUT2D eigenvalue weighted by molar-refractivity contribution is -0.147. The van der Waals surface area contributed by atoms with Gasteiger partial charge in [0.05, 0.1) is 35.8 Å². The lowest BCUT2D eigenvalue weighted by atomic mass is 9.65. The number of hydrogen-bond acceptors (Lipinski definition) is 8. The van der Waals surface area contributed by atoms with Crippen LogP contribution in [0, 0.1) is 5.92 Å². The number of rotatable bonds is 10. The lowest BCUT2D eigenvalue weighted by Crippen LogP contribution is -2.44. The molecule has 0 bridgehead atoms. The predicted molar refractivity (Wildman–Crippen MR) is 130 cm³/mol. The fraction of sp³-hybridized carbons (Fsp3) is 0.600. The number of hydrogen-bond donors (Lipinski definition) is 2. The third-order valence-electron chi connectivity index (χ3n) is 6.68. The number of carbonyl (C=O) groups is 1. The SMILES string of the molecule is CCOc1ncc(Nc2cc(C3(C(=O)O)CCC3)cnc2N(CC(C)C)C2CCOCC2)cn1. The molecule has 0 amide bonds. The van der Waals surface area contributed by atoms with Gasteiger partial charge in [0.15, 0.2) is 5.82 Å². The Morgan fingerprint density at radius 3 is 2.50 bits per heavy atom. The molecule has 9 heteroatoms. The van der Waals surface area contributed by atoms with Crippen LogP contribution in [-0.2, 0) is 14.9 Å². The second kappa shape index (κ2) is 10.5. The predicted octanol–water partition coefficient (Wildman–Crippen LogP) is 4.16. The van der Waals surface area contributed by atoms with Crippen LogP contribution in [0.3, 0.4) is 0 Å². The topological polar surface area (TPSA) is 110 Å². The first-order valence-electron chi connectivity index (χ1n) is 12.2. The molecule has 1 aliphatic carbocycles. The average molecular weight is 470 g/mol. The molecule has 34 heavy (non-hydrogen) atoms. The highest BCUT2D eigenvalue weighted by atomic mass is 16.5. The summed E-state index contributed by atoms with van der Waals surface area (Å²) in [6.45, 7) is 9.08. The van der Waals surface area contributed by atoms with E-state index in [2.05, 4.69) is 34.0 Å². The lowest BCUT2D eigenvalue weighted by Gasteiger charge is -2.40. The first-order valence-corrected chi connectivity index (χ1v) is 12.2. The van der Waals surface area contributed by atoms with Crippen LogP contribution >= 0.6 is 0 Å². The van der Waals surface area contributed by atoms with E-state index in [1.807, 2.05) is 13.0 Å². The molecule has 1 aliphatic heterocycles. The summed E-state index contributed by atoms with van der Waals surface area (Å²) in [6, 6.07) is 2.59. The maximum Gasteiger partial charge on any atom is 0.316 e. The molecule has 1 saturated heterocycles. The number of nitrogens with one attached hydrogen (secondary N) is 1. The van der Waals surface area contributed by atoms with E-state index in [9.17, 15) is 9.90 Å². The molecule has 1 saturated carbocycles. The molecule has 2 N–H and O–H groups in total. The number of anilines is 3. The van der Waals surface area contributed by atoms with Crippen molar-refractivity contribution in [1.82, 2.24) is 15.0 Å². The summed E-state index contributed by atoms with van der Waals surface area (Å²) in [7, 11) is 0. The molecule has 3 heterocycles. The number of aliphatic carboxylic acids is 1. The largest absolute Gasteiger partial charge is 0.481 e. The highest BCUT2D eigenvalue weighted by Gasteiger charge is 2.46. The van der Waals surface area contributed by atoms with Crippen LogP contribution in [0.25, 0.3) is 0 Å². The van der Waals surface area contributed by atoms with Gasteiger partial charge in [-0.3, -0.25) is 4.79 Å². The smallest absolute Gasteiger partial charge is 0.316 e. The van der Waals surface area contributed by atoms with Gasteiger partial charge in [0.1, 0.15) is 0 Å². The quantitative estimate of drug-likeness (QED) is 0.530. The fourth-order valence-corrected chi connectivity index (χ4v) is 4.74. The molecule has 2 aromatic rings. The van der Waals surface area contributed by atoms with Crippen molar-refractivity contribution >= 4 is 23.2 Å². The molecule has 184 valence electrons. The normalized spacial score (nSPS) is 17.8. The molecular formula is C25H35N5O4. The molecule has 2 aliphatic rings. The maximum atomic E-state index is 12.2. The molecule has 0 unspecified atom stereocenters. The van der Waals surface area contributed by atoms with Crippen molar-refractivity contribution in [3.05, 3.63) is 30.2 Å². The van der Waals surface area contributed by atoms with Gasteiger partial charge < -0.3 is 24.8 Å². The number of pyridine rings is 1. The zero-order valence-corrected chi connectivity index (χ0v) is 20.3. The summed E-state index contributed by atoms with van der Waals surface area (Å²) in [5.41, 5.74) is 1.34. The van der Waals surface area contributed by atoms with Gasteiger partial charge in [0, 0.05) is 32.0 Å². The first kappa shape index (κ1) is 24.2. The minimum absolute atomic E-state index is 0.309. The Labute approximate surface area is 200 Å². The van der Waals surface area contributed by atoms with Crippen LogP contribution in [0.5, 0.6) is 6.01 Å². The van der Waals surface area contributed by atoms with Crippen molar-refractivity contribution in [1.29, 1.82) is 0 Å². The molecular weight excluding hydrogens is 434 g/mol. The summed E-state index contributed by atoms with van der Waals surface area (Å²) in [5.74, 6) is 0.466. The van der Waals surface area contributed by atoms with Crippen LogP contribution in [0.1, 0.15) is 58.4 Å². The molecule has 0 spiro atoms. The Hall–Kier alpha value is -2.94. The Balaban J connectivity index is 1.73. The van der Waals surface area contributed by atoms with Gasteiger partial charge in [-0.2, -0.15) is 0 Å². The number of nitrogens with zero attached hydrogens (tertiary/aromatic N) is 4. The van der Waals surface area contributed by atoms with E-state index >= 15 is 0 Å². The van der Waals surface area contributed by atoms with Gasteiger partial charge in [-0.05, 0) is 50.2 Å². The number of carboxylic acid groups (broad SMARTS) is 1. The van der Waals surface area contributed by atoms with Crippen molar-refractivity contribution < 1.29 is 19.4 Å². The molecule has 0 radical (unpaired) electrons. The second-order valence-corrected chi connectivity index (χ2v) is 9.54. The summed E-state index contributed by atoms with van der Waals surface area (Å²) in [4.78, 5) is 27.9. The molecule has 0 aromatic carbocycles. The maximum absolute atomic E-state index is 12.2. The second-order valence-electron chi connectivity index (χ2n) is 9.54. The minimum atomic E-state index is -0.862. The van der Waals surface area contributed by atoms with Gasteiger partial charge in [-0.25, -0.2) is 15.0 Å². The van der Waals surface area contributed by atoms with Gasteiger partial charge in [0.2, 0.25) is 0 Å². The molecule has 4 rings (SSSR count). The van der Waals surface area contributed by atoms with Crippen molar-refractivity contribution in [3.8, 4) is 6.01 Å². The van der Waals surface area contributed by atoms with E-state index in [0.717, 1.165) is 56.1 Å². The highest BCUT2D eigenvalue weighted by Crippen LogP contribution is 2.45. The minimum Gasteiger partial charge on any atom is -0.481 e. The average Bonchev–Trinajstić information content (AvgIpc) is 2.79. The van der Waals surface area contributed by atoms with E-state index in [1.54, 1.807) is 18.6 Å². The zero-order chi connectivity index (χ0) is 24.1. The van der Waals surface area contributed by atoms with Crippen LogP contribution in [0.2, 0.25) is 0 Å². The highest BCUT2D eigenvalue weighted by molar-refractivity contribution is 5.84. The van der Waals surface area contributed by atoms with E-state index in [-0.39, 0.29) is 0 Å². The zero-order valence-electron chi connectivity index (χ0n) is 20.3. The molecule has 9 nitrogen and oxygen atoms in total. The van der Waals surface area contributed by atoms with E-state index in [1.165, 1.54) is 0 Å². The number of carboxylic acids is 1. The Kier molecular flexibility index (Phi) is 7.50. The van der Waals surface area contributed by atoms with E-state index in [4.69, 9.17) is 14.5 Å². The van der Waals surface area contributed by atoms with E-state index in [0.29, 0.717) is 43.1 Å². The third kappa shape index (κ3) is 5.09. The van der Waals surface area contributed by atoms with Gasteiger partial charge in [-0.1, -0.05) is 20.3 Å². The van der Waals surface area contributed by atoms with Crippen molar-refractivity contribution in [2.75, 3.05) is 36.6 Å². The van der Waals surface area contributed by atoms with Crippen LogP contribution in [-0.4, -0.2) is 58.4 Å². The number of aromatic nitrogens is 3. The van der Waals surface area contributed by atoms with Crippen LogP contribution in [0.15, 0.2) is 24.7 Å². The fourth-order valence-electron chi connectivity index (χ4n) is 4.74. The van der Waals surface area contributed by atoms with Gasteiger partial charge >= 0.3 is 12.0 Å². The first-order chi connectivity index (χ1) is 16.4. The third-order valence-corrected chi connectivity index (χ3v) is 6.68. The van der Waals surface area contributed by atoms with Gasteiger partial charge in [0.25, 0.3) is 0 Å². The standard InChI is InChI=1S/C25H35N5O4/c1-4-34-24-27-14-19(15-28-24)29-21-12-18(25(23(31)32)8-5-9-25)13-26-22(21)30(16-17(2)3)20-6-10-33-11-7-20/h12-15,17,20,29H,4-11,16H2,1-3H3,(H,31,32). The molecule has 2 aromatic heterocycles. The summed E-state index contributed by atoms with van der Waals surface area (Å²) in [5, 5.41) is 13.4. The van der Waals surface area contributed by atoms with Crippen LogP contribution < -0.4 is 15.0 Å². The summed E-state index contributed by atoms with van der Waals surface area (Å²) >= 11 is 0. The molecule has 0 atom stereocenters. The van der Waals surface area contributed by atoms with Crippen molar-refractivity contribution in [2.24, 2.45) is 5.92 Å². The van der Waals surface area contributed by atoms with Gasteiger partial charge in [-0.15, -0.1) is 0 Å². The Bertz CT molecular complexity index is 972. The monoisotopic (exact) mass is 469 g/mol. The van der Waals surface area contributed by atoms with Crippen molar-refractivity contribution in [3.63, 3.8) is 0 Å². The Morgan fingerprint density at radius 1 is 1.24 bits per heavy atom. The van der Waals surface area contributed by atoms with Crippen molar-refractivity contribution in [2.45, 2.75) is 64.3 Å².